The molecule has 19 heavy (non-hydrogen) atoms. The topological polar surface area (TPSA) is 56.1 Å². The fraction of sp³-hybridized carbons (Fsp3) is 0.467. The summed E-state index contributed by atoms with van der Waals surface area (Å²) in [6, 6.07) is 9.46. The molecule has 0 aliphatic heterocycles. The summed E-state index contributed by atoms with van der Waals surface area (Å²) < 4.78 is 0. The second-order valence-corrected chi connectivity index (χ2v) is 4.72. The van der Waals surface area contributed by atoms with E-state index in [-0.39, 0.29) is 11.8 Å². The first-order valence-electron chi connectivity index (χ1n) is 6.53. The molecule has 1 rings (SSSR count). The zero-order chi connectivity index (χ0) is 14.3. The first-order chi connectivity index (χ1) is 9.08. The second-order valence-electron chi connectivity index (χ2n) is 4.72. The maximum atomic E-state index is 12.1. The van der Waals surface area contributed by atoms with Gasteiger partial charge < -0.3 is 10.2 Å². The van der Waals surface area contributed by atoms with Crippen molar-refractivity contribution in [2.24, 2.45) is 5.92 Å². The first kappa shape index (κ1) is 15.2. The highest BCUT2D eigenvalue weighted by atomic mass is 16.2. The minimum absolute atomic E-state index is 0.0379. The fourth-order valence-electron chi connectivity index (χ4n) is 1.92. The number of rotatable bonds is 6. The number of hydrogen-bond donors (Lipinski definition) is 1. The molecule has 0 radical (unpaired) electrons. The molecular weight excluding hydrogens is 238 g/mol. The Morgan fingerprint density at radius 3 is 2.89 bits per heavy atom. The summed E-state index contributed by atoms with van der Waals surface area (Å²) in [5.41, 5.74) is 1.60. The van der Waals surface area contributed by atoms with Gasteiger partial charge >= 0.3 is 0 Å². The molecule has 0 aliphatic rings. The molecule has 1 N–H and O–H groups in total. The molecule has 1 atom stereocenters. The van der Waals surface area contributed by atoms with Crippen molar-refractivity contribution in [3.63, 3.8) is 0 Å². The summed E-state index contributed by atoms with van der Waals surface area (Å²) in [6.07, 6.45) is 0. The number of carbonyl (C=O) groups is 1. The molecule has 0 spiro atoms. The van der Waals surface area contributed by atoms with Crippen LogP contribution < -0.4 is 5.32 Å². The van der Waals surface area contributed by atoms with Crippen molar-refractivity contribution in [1.82, 2.24) is 10.2 Å². The quantitative estimate of drug-likeness (QED) is 0.847. The number of nitriles is 1. The predicted molar refractivity (Wildman–Crippen MR) is 75.3 cm³/mol. The van der Waals surface area contributed by atoms with Gasteiger partial charge in [-0.1, -0.05) is 26.0 Å². The molecule has 0 heterocycles. The molecule has 0 saturated carbocycles. The smallest absolute Gasteiger partial charge is 0.226 e. The monoisotopic (exact) mass is 259 g/mol. The van der Waals surface area contributed by atoms with Crippen molar-refractivity contribution in [3.05, 3.63) is 35.4 Å². The van der Waals surface area contributed by atoms with Crippen LogP contribution in [0.3, 0.4) is 0 Å². The van der Waals surface area contributed by atoms with Crippen molar-refractivity contribution in [2.45, 2.75) is 20.4 Å². The lowest BCUT2D eigenvalue weighted by atomic mass is 10.1. The van der Waals surface area contributed by atoms with Gasteiger partial charge in [-0.25, -0.2) is 0 Å². The highest BCUT2D eigenvalue weighted by Gasteiger charge is 2.17. The molecule has 0 aromatic heterocycles. The Morgan fingerprint density at radius 1 is 1.53 bits per heavy atom. The third kappa shape index (κ3) is 4.72. The van der Waals surface area contributed by atoms with E-state index in [1.807, 2.05) is 32.0 Å². The van der Waals surface area contributed by atoms with E-state index >= 15 is 0 Å². The van der Waals surface area contributed by atoms with Gasteiger partial charge in [0.05, 0.1) is 11.6 Å². The summed E-state index contributed by atoms with van der Waals surface area (Å²) in [6.45, 7) is 6.04. The van der Waals surface area contributed by atoms with E-state index in [1.165, 1.54) is 0 Å². The number of hydrogen-bond acceptors (Lipinski definition) is 3. The van der Waals surface area contributed by atoms with Crippen LogP contribution in [0.25, 0.3) is 0 Å². The third-order valence-corrected chi connectivity index (χ3v) is 2.97. The van der Waals surface area contributed by atoms with E-state index in [4.69, 9.17) is 5.26 Å². The average Bonchev–Trinajstić information content (AvgIpc) is 2.43. The molecule has 0 saturated heterocycles. The van der Waals surface area contributed by atoms with Crippen LogP contribution in [0, 0.1) is 17.2 Å². The molecule has 0 aliphatic carbocycles. The van der Waals surface area contributed by atoms with E-state index in [1.54, 1.807) is 18.0 Å². The summed E-state index contributed by atoms with van der Waals surface area (Å²) in [5.74, 6) is 0.0763. The number of carbonyl (C=O) groups excluding carboxylic acids is 1. The average molecular weight is 259 g/mol. The lowest BCUT2D eigenvalue weighted by molar-refractivity contribution is -0.134. The minimum Gasteiger partial charge on any atom is -0.341 e. The Bertz CT molecular complexity index is 465. The Balaban J connectivity index is 2.60. The van der Waals surface area contributed by atoms with Gasteiger partial charge in [0.1, 0.15) is 0 Å². The van der Waals surface area contributed by atoms with Gasteiger partial charge in [-0.15, -0.1) is 0 Å². The van der Waals surface area contributed by atoms with Crippen molar-refractivity contribution in [2.75, 3.05) is 20.1 Å². The Hall–Kier alpha value is -1.86. The highest BCUT2D eigenvalue weighted by Crippen LogP contribution is 2.09. The van der Waals surface area contributed by atoms with Crippen molar-refractivity contribution >= 4 is 5.91 Å². The molecule has 4 heteroatoms. The second kappa shape index (κ2) is 7.55. The SMILES string of the molecule is CCNCC(C)C(=O)N(C)Cc1cccc(C#N)c1. The highest BCUT2D eigenvalue weighted by molar-refractivity contribution is 5.78. The fourth-order valence-corrected chi connectivity index (χ4v) is 1.92. The van der Waals surface area contributed by atoms with Gasteiger partial charge in [0.15, 0.2) is 0 Å². The molecule has 102 valence electrons. The Labute approximate surface area is 115 Å². The molecule has 1 amide bonds. The lowest BCUT2D eigenvalue weighted by Gasteiger charge is -2.21. The van der Waals surface area contributed by atoms with Gasteiger partial charge in [0.25, 0.3) is 0 Å². The molecular formula is C15H21N3O. The van der Waals surface area contributed by atoms with E-state index in [2.05, 4.69) is 11.4 Å². The number of nitrogens with zero attached hydrogens (tertiary/aromatic N) is 2. The van der Waals surface area contributed by atoms with Crippen LogP contribution in [0.2, 0.25) is 0 Å². The summed E-state index contributed by atoms with van der Waals surface area (Å²) in [7, 11) is 1.80. The van der Waals surface area contributed by atoms with Gasteiger partial charge in [-0.05, 0) is 24.2 Å². The van der Waals surface area contributed by atoms with Gasteiger partial charge in [0.2, 0.25) is 5.91 Å². The van der Waals surface area contributed by atoms with Crippen LogP contribution in [-0.4, -0.2) is 30.9 Å². The molecule has 4 nitrogen and oxygen atoms in total. The lowest BCUT2D eigenvalue weighted by Crippen LogP contribution is -2.36. The summed E-state index contributed by atoms with van der Waals surface area (Å²) in [4.78, 5) is 13.8. The molecule has 0 bridgehead atoms. The van der Waals surface area contributed by atoms with E-state index in [0.717, 1.165) is 12.1 Å². The number of amides is 1. The van der Waals surface area contributed by atoms with Crippen molar-refractivity contribution < 1.29 is 4.79 Å². The zero-order valence-corrected chi connectivity index (χ0v) is 11.8. The van der Waals surface area contributed by atoms with Crippen LogP contribution in [0.5, 0.6) is 0 Å². The normalized spacial score (nSPS) is 11.7. The number of benzene rings is 1. The first-order valence-corrected chi connectivity index (χ1v) is 6.53. The largest absolute Gasteiger partial charge is 0.341 e. The third-order valence-electron chi connectivity index (χ3n) is 2.97. The van der Waals surface area contributed by atoms with Gasteiger partial charge in [-0.2, -0.15) is 5.26 Å². The van der Waals surface area contributed by atoms with Crippen LogP contribution in [0.1, 0.15) is 25.0 Å². The zero-order valence-electron chi connectivity index (χ0n) is 11.8. The van der Waals surface area contributed by atoms with Crippen molar-refractivity contribution in [1.29, 1.82) is 5.26 Å². The van der Waals surface area contributed by atoms with Crippen LogP contribution in [0.15, 0.2) is 24.3 Å². The molecule has 1 aromatic carbocycles. The van der Waals surface area contributed by atoms with Crippen LogP contribution >= 0.6 is 0 Å². The van der Waals surface area contributed by atoms with Gasteiger partial charge in [-0.3, -0.25) is 4.79 Å². The summed E-state index contributed by atoms with van der Waals surface area (Å²) in [5, 5.41) is 12.0. The maximum Gasteiger partial charge on any atom is 0.226 e. The van der Waals surface area contributed by atoms with Crippen molar-refractivity contribution in [3.8, 4) is 6.07 Å². The van der Waals surface area contributed by atoms with E-state index < -0.39 is 0 Å². The van der Waals surface area contributed by atoms with Crippen LogP contribution in [0.4, 0.5) is 0 Å². The summed E-state index contributed by atoms with van der Waals surface area (Å²) >= 11 is 0. The Morgan fingerprint density at radius 2 is 2.26 bits per heavy atom. The van der Waals surface area contributed by atoms with E-state index in [9.17, 15) is 4.79 Å². The molecule has 1 aromatic rings. The number of nitrogens with one attached hydrogen (secondary N) is 1. The molecule has 0 fully saturated rings. The molecule has 1 unspecified atom stereocenters. The Kier molecular flexibility index (Phi) is 6.04. The minimum atomic E-state index is -0.0379. The predicted octanol–water partition coefficient (Wildman–Crippen LogP) is 1.76. The van der Waals surface area contributed by atoms with Crippen LogP contribution in [-0.2, 0) is 11.3 Å². The van der Waals surface area contributed by atoms with Gasteiger partial charge in [0, 0.05) is 26.1 Å². The van der Waals surface area contributed by atoms with E-state index in [0.29, 0.717) is 18.7 Å². The maximum absolute atomic E-state index is 12.1. The standard InChI is InChI=1S/C15H21N3O/c1-4-17-10-12(2)15(19)18(3)11-14-7-5-6-13(8-14)9-16/h5-8,12,17H,4,10-11H2,1-3H3.